The molecule has 0 spiro atoms. The molecule has 0 amide bonds. The lowest BCUT2D eigenvalue weighted by molar-refractivity contribution is 0.111. The van der Waals surface area contributed by atoms with E-state index in [2.05, 4.69) is 0 Å². The zero-order valence-corrected chi connectivity index (χ0v) is 7.08. The van der Waals surface area contributed by atoms with Gasteiger partial charge in [-0.15, -0.1) is 0 Å². The molecule has 0 aliphatic carbocycles. The van der Waals surface area contributed by atoms with E-state index in [1.807, 2.05) is 0 Å². The molecule has 0 atom stereocenters. The lowest BCUT2D eigenvalue weighted by atomic mass is 10.2. The second-order valence-electron chi connectivity index (χ2n) is 2.36. The number of benzene rings is 1. The molecule has 1 aromatic rings. The molecule has 70 valence electrons. The van der Waals surface area contributed by atoms with E-state index >= 15 is 0 Å². The minimum atomic E-state index is -0.944. The average molecular weight is 184 g/mol. The highest BCUT2D eigenvalue weighted by Gasteiger charge is 2.12. The molecule has 0 saturated carbocycles. The van der Waals surface area contributed by atoms with Gasteiger partial charge in [0.15, 0.2) is 17.9 Å². The molecular weight excluding hydrogens is 175 g/mol. The number of carbonyl (C=O) groups is 1. The van der Waals surface area contributed by atoms with Crippen molar-refractivity contribution in [3.63, 3.8) is 0 Å². The number of hydrogen-bond acceptors (Lipinski definition) is 3. The Bertz CT molecular complexity index is 323. The third-order valence-electron chi connectivity index (χ3n) is 1.54. The number of rotatable bonds is 3. The van der Waals surface area contributed by atoms with Crippen molar-refractivity contribution in [3.8, 4) is 11.5 Å². The lowest BCUT2D eigenvalue weighted by Gasteiger charge is -2.06. The van der Waals surface area contributed by atoms with E-state index < -0.39 is 11.6 Å². The van der Waals surface area contributed by atoms with Crippen molar-refractivity contribution in [1.82, 2.24) is 0 Å². The van der Waals surface area contributed by atoms with Crippen molar-refractivity contribution in [3.05, 3.63) is 23.5 Å². The van der Waals surface area contributed by atoms with Gasteiger partial charge in [0.2, 0.25) is 0 Å². The monoisotopic (exact) mass is 184 g/mol. The maximum absolute atomic E-state index is 13.0. The minimum Gasteiger partial charge on any atom is -0.505 e. The Hall–Kier alpha value is -1.58. The zero-order valence-electron chi connectivity index (χ0n) is 7.08. The number of halogens is 1. The maximum atomic E-state index is 13.0. The molecule has 13 heavy (non-hydrogen) atoms. The summed E-state index contributed by atoms with van der Waals surface area (Å²) in [5.41, 5.74) is -0.248. The summed E-state index contributed by atoms with van der Waals surface area (Å²) >= 11 is 0. The number of phenols is 1. The second-order valence-corrected chi connectivity index (χ2v) is 2.36. The molecule has 3 nitrogen and oxygen atoms in total. The number of aromatic hydroxyl groups is 1. The van der Waals surface area contributed by atoms with Gasteiger partial charge in [0.25, 0.3) is 0 Å². The van der Waals surface area contributed by atoms with E-state index in [-0.39, 0.29) is 11.3 Å². The minimum absolute atomic E-state index is 0.146. The maximum Gasteiger partial charge on any atom is 0.179 e. The fourth-order valence-electron chi connectivity index (χ4n) is 0.955. The van der Waals surface area contributed by atoms with Crippen LogP contribution in [0.4, 0.5) is 4.39 Å². The molecule has 0 bridgehead atoms. The van der Waals surface area contributed by atoms with Gasteiger partial charge in [-0.05, 0) is 19.1 Å². The largest absolute Gasteiger partial charge is 0.505 e. The summed E-state index contributed by atoms with van der Waals surface area (Å²) in [5.74, 6) is -1.35. The van der Waals surface area contributed by atoms with E-state index in [1.165, 1.54) is 6.07 Å². The number of phenolic OH excluding ortho intramolecular Hbond substituents is 1. The van der Waals surface area contributed by atoms with Crippen molar-refractivity contribution in [2.24, 2.45) is 0 Å². The Labute approximate surface area is 74.8 Å². The predicted molar refractivity (Wildman–Crippen MR) is 44.6 cm³/mol. The van der Waals surface area contributed by atoms with Crippen LogP contribution in [0.5, 0.6) is 11.5 Å². The summed E-state index contributed by atoms with van der Waals surface area (Å²) in [4.78, 5) is 10.4. The third kappa shape index (κ3) is 1.77. The van der Waals surface area contributed by atoms with Gasteiger partial charge in [0.1, 0.15) is 5.75 Å². The molecule has 0 aromatic heterocycles. The molecule has 0 aliphatic rings. The molecule has 0 radical (unpaired) electrons. The van der Waals surface area contributed by atoms with Gasteiger partial charge in [0, 0.05) is 0 Å². The molecule has 0 fully saturated rings. The highest BCUT2D eigenvalue weighted by Crippen LogP contribution is 2.26. The van der Waals surface area contributed by atoms with Crippen LogP contribution in [0.3, 0.4) is 0 Å². The van der Waals surface area contributed by atoms with Crippen LogP contribution in [-0.4, -0.2) is 18.0 Å². The zero-order chi connectivity index (χ0) is 9.84. The van der Waals surface area contributed by atoms with Crippen LogP contribution < -0.4 is 4.74 Å². The van der Waals surface area contributed by atoms with Crippen molar-refractivity contribution < 1.29 is 19.0 Å². The molecule has 0 aliphatic heterocycles. The fourth-order valence-corrected chi connectivity index (χ4v) is 0.955. The van der Waals surface area contributed by atoms with Gasteiger partial charge in [-0.1, -0.05) is 0 Å². The van der Waals surface area contributed by atoms with E-state index in [4.69, 9.17) is 9.84 Å². The molecule has 0 saturated heterocycles. The fraction of sp³-hybridized carbons (Fsp3) is 0.222. The van der Waals surface area contributed by atoms with E-state index in [0.29, 0.717) is 12.9 Å². The molecule has 0 unspecified atom stereocenters. The molecule has 1 aromatic carbocycles. The summed E-state index contributed by atoms with van der Waals surface area (Å²) < 4.78 is 18.0. The summed E-state index contributed by atoms with van der Waals surface area (Å²) in [7, 11) is 0. The quantitative estimate of drug-likeness (QED) is 0.728. The standard InChI is InChI=1S/C9H9FO3/c1-2-13-8-4-3-7(12)9(10)6(8)5-11/h3-5,12H,2H2,1H3. The van der Waals surface area contributed by atoms with E-state index in [9.17, 15) is 9.18 Å². The highest BCUT2D eigenvalue weighted by atomic mass is 19.1. The average Bonchev–Trinajstić information content (AvgIpc) is 2.12. The van der Waals surface area contributed by atoms with E-state index in [1.54, 1.807) is 6.92 Å². The van der Waals surface area contributed by atoms with Gasteiger partial charge in [-0.3, -0.25) is 4.79 Å². The van der Waals surface area contributed by atoms with E-state index in [0.717, 1.165) is 6.07 Å². The topological polar surface area (TPSA) is 46.5 Å². The number of hydrogen-bond donors (Lipinski definition) is 1. The predicted octanol–water partition coefficient (Wildman–Crippen LogP) is 1.74. The SMILES string of the molecule is CCOc1ccc(O)c(F)c1C=O. The van der Waals surface area contributed by atoms with Crippen molar-refractivity contribution in [2.75, 3.05) is 6.61 Å². The van der Waals surface area contributed by atoms with Crippen LogP contribution in [0.1, 0.15) is 17.3 Å². The van der Waals surface area contributed by atoms with Gasteiger partial charge in [0.05, 0.1) is 12.2 Å². The van der Waals surface area contributed by atoms with Crippen molar-refractivity contribution in [1.29, 1.82) is 0 Å². The first-order valence-corrected chi connectivity index (χ1v) is 3.80. The Morgan fingerprint density at radius 1 is 1.62 bits per heavy atom. The smallest absolute Gasteiger partial charge is 0.179 e. The summed E-state index contributed by atoms with van der Waals surface area (Å²) in [6.45, 7) is 2.06. The summed E-state index contributed by atoms with van der Waals surface area (Å²) in [5, 5.41) is 8.93. The van der Waals surface area contributed by atoms with Gasteiger partial charge >= 0.3 is 0 Å². The summed E-state index contributed by atoms with van der Waals surface area (Å²) in [6, 6.07) is 2.50. The molecule has 1 rings (SSSR count). The van der Waals surface area contributed by atoms with Crippen molar-refractivity contribution >= 4 is 6.29 Å². The van der Waals surface area contributed by atoms with Crippen LogP contribution in [0, 0.1) is 5.82 Å². The van der Waals surface area contributed by atoms with Crippen LogP contribution in [0.15, 0.2) is 12.1 Å². The first-order valence-electron chi connectivity index (χ1n) is 3.80. The molecule has 4 heteroatoms. The second kappa shape index (κ2) is 3.89. The molecule has 0 heterocycles. The normalized spacial score (nSPS) is 9.69. The Kier molecular flexibility index (Phi) is 2.84. The first-order chi connectivity index (χ1) is 6.20. The Balaban J connectivity index is 3.21. The lowest BCUT2D eigenvalue weighted by Crippen LogP contribution is -1.98. The first kappa shape index (κ1) is 9.51. The van der Waals surface area contributed by atoms with Gasteiger partial charge in [-0.25, -0.2) is 4.39 Å². The summed E-state index contributed by atoms with van der Waals surface area (Å²) in [6.07, 6.45) is 0.319. The Morgan fingerprint density at radius 3 is 2.85 bits per heavy atom. The van der Waals surface area contributed by atoms with Gasteiger partial charge < -0.3 is 9.84 Å². The van der Waals surface area contributed by atoms with Crippen LogP contribution in [-0.2, 0) is 0 Å². The number of ether oxygens (including phenoxy) is 1. The molecular formula is C9H9FO3. The number of aldehydes is 1. The van der Waals surface area contributed by atoms with Crippen LogP contribution in [0.2, 0.25) is 0 Å². The van der Waals surface area contributed by atoms with Gasteiger partial charge in [-0.2, -0.15) is 0 Å². The van der Waals surface area contributed by atoms with Crippen LogP contribution >= 0.6 is 0 Å². The van der Waals surface area contributed by atoms with Crippen LogP contribution in [0.25, 0.3) is 0 Å². The highest BCUT2D eigenvalue weighted by molar-refractivity contribution is 5.80. The number of carbonyl (C=O) groups excluding carboxylic acids is 1. The third-order valence-corrected chi connectivity index (χ3v) is 1.54. The Morgan fingerprint density at radius 2 is 2.31 bits per heavy atom. The molecule has 1 N–H and O–H groups in total. The van der Waals surface area contributed by atoms with Crippen molar-refractivity contribution in [2.45, 2.75) is 6.92 Å².